The van der Waals surface area contributed by atoms with E-state index in [0.29, 0.717) is 22.3 Å². The Hall–Kier alpha value is -2.12. The van der Waals surface area contributed by atoms with Crippen molar-refractivity contribution in [2.24, 2.45) is 0 Å². The lowest BCUT2D eigenvalue weighted by Crippen LogP contribution is -2.06. The highest BCUT2D eigenvalue weighted by Gasteiger charge is 2.14. The molecule has 0 aliphatic heterocycles. The second-order valence-corrected chi connectivity index (χ2v) is 5.89. The minimum absolute atomic E-state index is 0.192. The maximum absolute atomic E-state index is 11.5. The van der Waals surface area contributed by atoms with Crippen LogP contribution in [0, 0.1) is 0 Å². The van der Waals surface area contributed by atoms with Crippen LogP contribution in [-0.4, -0.2) is 38.1 Å². The molecule has 3 aromatic rings. The van der Waals surface area contributed by atoms with E-state index in [1.165, 1.54) is 18.1 Å². The second kappa shape index (κ2) is 6.97. The summed E-state index contributed by atoms with van der Waals surface area (Å²) < 4.78 is 6.58. The summed E-state index contributed by atoms with van der Waals surface area (Å²) in [6.45, 7) is 2.14. The largest absolute Gasteiger partial charge is 0.465 e. The van der Waals surface area contributed by atoms with E-state index in [1.807, 2.05) is 18.2 Å². The molecule has 0 amide bonds. The predicted octanol–water partition coefficient (Wildman–Crippen LogP) is 3.12. The van der Waals surface area contributed by atoms with Crippen molar-refractivity contribution < 1.29 is 9.53 Å². The van der Waals surface area contributed by atoms with Crippen LogP contribution >= 0.6 is 23.4 Å². The highest BCUT2D eigenvalue weighted by Crippen LogP contribution is 2.27. The molecule has 3 rings (SSSR count). The molecule has 0 saturated carbocycles. The molecule has 118 valence electrons. The number of para-hydroxylation sites is 1. The molecule has 0 saturated heterocycles. The third kappa shape index (κ3) is 3.30. The lowest BCUT2D eigenvalue weighted by molar-refractivity contribution is -0.139. The van der Waals surface area contributed by atoms with Gasteiger partial charge >= 0.3 is 5.97 Å². The topological polar surface area (TPSA) is 69.9 Å². The molecule has 8 heteroatoms. The molecule has 0 aliphatic carbocycles. The van der Waals surface area contributed by atoms with Gasteiger partial charge in [-0.25, -0.2) is 14.6 Å². The van der Waals surface area contributed by atoms with E-state index in [2.05, 4.69) is 15.1 Å². The Morgan fingerprint density at radius 2 is 2.17 bits per heavy atom. The number of rotatable bonds is 5. The minimum atomic E-state index is -0.275. The Balaban J connectivity index is 1.95. The van der Waals surface area contributed by atoms with E-state index in [9.17, 15) is 4.79 Å². The number of carbonyl (C=O) groups excluding carboxylic acids is 1. The number of carbonyl (C=O) groups is 1. The SMILES string of the molecule is CCOC(=O)CSc1ncnc2c1cnn2-c1ccccc1Cl. The van der Waals surface area contributed by atoms with Crippen LogP contribution < -0.4 is 0 Å². The number of ether oxygens (including phenoxy) is 1. The highest BCUT2D eigenvalue weighted by molar-refractivity contribution is 8.00. The zero-order valence-electron chi connectivity index (χ0n) is 12.3. The van der Waals surface area contributed by atoms with E-state index in [1.54, 1.807) is 23.9 Å². The minimum Gasteiger partial charge on any atom is -0.465 e. The fourth-order valence-corrected chi connectivity index (χ4v) is 3.04. The molecule has 1 aromatic carbocycles. The molecule has 0 atom stereocenters. The van der Waals surface area contributed by atoms with Crippen molar-refractivity contribution in [2.45, 2.75) is 11.9 Å². The molecule has 0 fully saturated rings. The summed E-state index contributed by atoms with van der Waals surface area (Å²) in [5.41, 5.74) is 1.38. The van der Waals surface area contributed by atoms with E-state index in [0.717, 1.165) is 11.1 Å². The summed E-state index contributed by atoms with van der Waals surface area (Å²) in [5, 5.41) is 6.38. The number of nitrogens with zero attached hydrogens (tertiary/aromatic N) is 4. The van der Waals surface area contributed by atoms with Gasteiger partial charge in [0.1, 0.15) is 11.4 Å². The Labute approximate surface area is 141 Å². The van der Waals surface area contributed by atoms with Crippen molar-refractivity contribution in [1.82, 2.24) is 19.7 Å². The van der Waals surface area contributed by atoms with Gasteiger partial charge in [0, 0.05) is 0 Å². The van der Waals surface area contributed by atoms with Crippen LogP contribution in [0.25, 0.3) is 16.7 Å². The average Bonchev–Trinajstić information content (AvgIpc) is 2.98. The van der Waals surface area contributed by atoms with Gasteiger partial charge in [-0.3, -0.25) is 4.79 Å². The van der Waals surface area contributed by atoms with Gasteiger partial charge < -0.3 is 4.74 Å². The normalized spacial score (nSPS) is 10.9. The number of esters is 1. The number of thioether (sulfide) groups is 1. The van der Waals surface area contributed by atoms with Crippen LogP contribution in [0.1, 0.15) is 6.92 Å². The molecule has 6 nitrogen and oxygen atoms in total. The quantitative estimate of drug-likeness (QED) is 0.401. The molecule has 0 spiro atoms. The van der Waals surface area contributed by atoms with Crippen molar-refractivity contribution in [3.05, 3.63) is 41.8 Å². The molecule has 0 radical (unpaired) electrons. The molecule has 2 heterocycles. The molecule has 2 aromatic heterocycles. The zero-order chi connectivity index (χ0) is 16.2. The van der Waals surface area contributed by atoms with Gasteiger partial charge in [0.2, 0.25) is 0 Å². The fourth-order valence-electron chi connectivity index (χ4n) is 2.07. The maximum atomic E-state index is 11.5. The van der Waals surface area contributed by atoms with Crippen molar-refractivity contribution in [1.29, 1.82) is 0 Å². The standard InChI is InChI=1S/C15H13ClN4O2S/c1-2-22-13(21)8-23-15-10-7-19-20(14(10)17-9-18-15)12-6-4-3-5-11(12)16/h3-7,9H,2,8H2,1H3. The first-order valence-corrected chi connectivity index (χ1v) is 8.29. The smallest absolute Gasteiger partial charge is 0.316 e. The van der Waals surface area contributed by atoms with E-state index >= 15 is 0 Å². The van der Waals surface area contributed by atoms with E-state index in [-0.39, 0.29) is 11.7 Å². The van der Waals surface area contributed by atoms with Gasteiger partial charge in [-0.2, -0.15) is 5.10 Å². The Morgan fingerprint density at radius 3 is 2.96 bits per heavy atom. The fraction of sp³-hybridized carbons (Fsp3) is 0.200. The number of hydrogen-bond donors (Lipinski definition) is 0. The van der Waals surface area contributed by atoms with E-state index < -0.39 is 0 Å². The number of aromatic nitrogens is 4. The van der Waals surface area contributed by atoms with Crippen LogP contribution in [-0.2, 0) is 9.53 Å². The number of hydrogen-bond acceptors (Lipinski definition) is 6. The zero-order valence-corrected chi connectivity index (χ0v) is 13.8. The lowest BCUT2D eigenvalue weighted by atomic mass is 10.3. The van der Waals surface area contributed by atoms with Gasteiger partial charge in [-0.15, -0.1) is 0 Å². The molecular formula is C15H13ClN4O2S. The van der Waals surface area contributed by atoms with Gasteiger partial charge in [0.25, 0.3) is 0 Å². The third-order valence-electron chi connectivity index (χ3n) is 3.04. The van der Waals surface area contributed by atoms with Crippen molar-refractivity contribution in [3.63, 3.8) is 0 Å². The van der Waals surface area contributed by atoms with Crippen molar-refractivity contribution >= 4 is 40.4 Å². The summed E-state index contributed by atoms with van der Waals surface area (Å²) >= 11 is 7.52. The van der Waals surface area contributed by atoms with Gasteiger partial charge in [0.05, 0.1) is 34.7 Å². The first-order valence-electron chi connectivity index (χ1n) is 6.92. The van der Waals surface area contributed by atoms with Crippen LogP contribution in [0.5, 0.6) is 0 Å². The van der Waals surface area contributed by atoms with Gasteiger partial charge in [-0.1, -0.05) is 35.5 Å². The molecular weight excluding hydrogens is 336 g/mol. The lowest BCUT2D eigenvalue weighted by Gasteiger charge is -2.05. The van der Waals surface area contributed by atoms with Crippen LogP contribution in [0.4, 0.5) is 0 Å². The first-order chi connectivity index (χ1) is 11.2. The third-order valence-corrected chi connectivity index (χ3v) is 4.34. The molecule has 0 N–H and O–H groups in total. The maximum Gasteiger partial charge on any atom is 0.316 e. The molecule has 0 unspecified atom stereocenters. The summed E-state index contributed by atoms with van der Waals surface area (Å²) in [5.74, 6) is -0.0835. The number of benzene rings is 1. The van der Waals surface area contributed by atoms with Gasteiger partial charge in [0.15, 0.2) is 5.65 Å². The van der Waals surface area contributed by atoms with Crippen molar-refractivity contribution in [3.8, 4) is 5.69 Å². The monoisotopic (exact) mass is 348 g/mol. The van der Waals surface area contributed by atoms with Gasteiger partial charge in [-0.05, 0) is 19.1 Å². The summed E-state index contributed by atoms with van der Waals surface area (Å²) in [4.78, 5) is 20.0. The highest BCUT2D eigenvalue weighted by atomic mass is 35.5. The summed E-state index contributed by atoms with van der Waals surface area (Å²) in [7, 11) is 0. The second-order valence-electron chi connectivity index (χ2n) is 4.52. The molecule has 0 bridgehead atoms. The van der Waals surface area contributed by atoms with Crippen molar-refractivity contribution in [2.75, 3.05) is 12.4 Å². The number of fused-ring (bicyclic) bond motifs is 1. The van der Waals surface area contributed by atoms with Crippen LogP contribution in [0.2, 0.25) is 5.02 Å². The number of halogens is 1. The predicted molar refractivity (Wildman–Crippen MR) is 89.0 cm³/mol. The summed E-state index contributed by atoms with van der Waals surface area (Å²) in [6, 6.07) is 7.39. The van der Waals surface area contributed by atoms with E-state index in [4.69, 9.17) is 16.3 Å². The molecule has 0 aliphatic rings. The first kappa shape index (κ1) is 15.8. The average molecular weight is 349 g/mol. The molecule has 23 heavy (non-hydrogen) atoms. The summed E-state index contributed by atoms with van der Waals surface area (Å²) in [6.07, 6.45) is 3.12. The van der Waals surface area contributed by atoms with Crippen LogP contribution in [0.3, 0.4) is 0 Å². The Kier molecular flexibility index (Phi) is 4.78. The Bertz CT molecular complexity index is 852. The van der Waals surface area contributed by atoms with Crippen LogP contribution in [0.15, 0.2) is 41.8 Å². The Morgan fingerprint density at radius 1 is 1.35 bits per heavy atom.